The van der Waals surface area contributed by atoms with Crippen LogP contribution in [0.15, 0.2) is 75.9 Å². The molecular weight excluding hydrogens is 494 g/mol. The number of carbonyl (C=O) groups excluding carboxylic acids is 1. The molecule has 4 rings (SSSR count). The molecule has 1 N–H and O–H groups in total. The minimum Gasteiger partial charge on any atom is -0.484 e. The third-order valence-electron chi connectivity index (χ3n) is 5.28. The van der Waals surface area contributed by atoms with Crippen LogP contribution in [-0.2, 0) is 17.4 Å². The van der Waals surface area contributed by atoms with Crippen LogP contribution in [0.2, 0.25) is 0 Å². The molecule has 0 atom stereocenters. The fraction of sp³-hybridized carbons (Fsp3) is 0.185. The van der Waals surface area contributed by atoms with E-state index in [9.17, 15) is 27.2 Å². The van der Waals surface area contributed by atoms with Crippen LogP contribution in [0.5, 0.6) is 17.2 Å². The highest BCUT2D eigenvalue weighted by atomic mass is 19.4. The highest BCUT2D eigenvalue weighted by molar-refractivity contribution is 5.92. The molecule has 192 valence electrons. The number of anilines is 1. The molecule has 6 nitrogen and oxygen atoms in total. The zero-order valence-corrected chi connectivity index (χ0v) is 19.5. The Bertz CT molecular complexity index is 1480. The quantitative estimate of drug-likeness (QED) is 0.264. The Kier molecular flexibility index (Phi) is 7.47. The van der Waals surface area contributed by atoms with Crippen LogP contribution in [0.3, 0.4) is 0 Å². The first-order valence-corrected chi connectivity index (χ1v) is 11.3. The number of carbonyl (C=O) groups is 1. The lowest BCUT2D eigenvalue weighted by atomic mass is 10.1. The van der Waals surface area contributed by atoms with Gasteiger partial charge in [0, 0.05) is 6.07 Å². The van der Waals surface area contributed by atoms with Crippen molar-refractivity contribution in [2.24, 2.45) is 0 Å². The van der Waals surface area contributed by atoms with Gasteiger partial charge < -0.3 is 19.2 Å². The second kappa shape index (κ2) is 10.7. The van der Waals surface area contributed by atoms with Crippen molar-refractivity contribution in [3.8, 4) is 17.2 Å². The van der Waals surface area contributed by atoms with Gasteiger partial charge in [0.25, 0.3) is 11.7 Å². The van der Waals surface area contributed by atoms with E-state index in [1.807, 2.05) is 6.92 Å². The average Bonchev–Trinajstić information content (AvgIpc) is 2.86. The number of nitrogens with one attached hydrogen (secondary N) is 1. The van der Waals surface area contributed by atoms with E-state index in [0.717, 1.165) is 24.5 Å². The van der Waals surface area contributed by atoms with Crippen molar-refractivity contribution < 1.29 is 36.2 Å². The van der Waals surface area contributed by atoms with Crippen LogP contribution in [0.4, 0.5) is 23.2 Å². The predicted molar refractivity (Wildman–Crippen MR) is 129 cm³/mol. The van der Waals surface area contributed by atoms with Gasteiger partial charge >= 0.3 is 6.18 Å². The number of ether oxygens (including phenoxy) is 2. The minimum atomic E-state index is -5.03. The summed E-state index contributed by atoms with van der Waals surface area (Å²) in [6.07, 6.45) is -3.34. The molecule has 0 aliphatic heterocycles. The molecular formula is C27H21F4NO5. The Morgan fingerprint density at radius 1 is 1.00 bits per heavy atom. The Balaban J connectivity index is 1.59. The summed E-state index contributed by atoms with van der Waals surface area (Å²) in [7, 11) is 0. The number of aryl methyl sites for hydroxylation is 1. The van der Waals surface area contributed by atoms with E-state index >= 15 is 0 Å². The van der Waals surface area contributed by atoms with E-state index in [2.05, 4.69) is 5.32 Å². The summed E-state index contributed by atoms with van der Waals surface area (Å²) >= 11 is 0. The molecule has 0 spiro atoms. The zero-order chi connectivity index (χ0) is 26.6. The SMILES string of the molecule is CCCc1ccc(Oc2c(C(F)(F)F)oc3cc(OCC(=O)Nc4ccccc4F)ccc3c2=O)cc1. The Morgan fingerprint density at radius 2 is 1.70 bits per heavy atom. The van der Waals surface area contributed by atoms with Crippen molar-refractivity contribution in [1.29, 1.82) is 0 Å². The van der Waals surface area contributed by atoms with Crippen LogP contribution in [0.25, 0.3) is 11.0 Å². The van der Waals surface area contributed by atoms with Crippen molar-refractivity contribution >= 4 is 22.6 Å². The van der Waals surface area contributed by atoms with Gasteiger partial charge in [-0.2, -0.15) is 13.2 Å². The van der Waals surface area contributed by atoms with E-state index in [1.165, 1.54) is 48.5 Å². The normalized spacial score (nSPS) is 11.4. The molecule has 0 saturated heterocycles. The van der Waals surface area contributed by atoms with Crippen LogP contribution < -0.4 is 20.2 Å². The molecule has 0 aliphatic carbocycles. The van der Waals surface area contributed by atoms with Crippen molar-refractivity contribution in [1.82, 2.24) is 0 Å². The lowest BCUT2D eigenvalue weighted by Crippen LogP contribution is -2.20. The highest BCUT2D eigenvalue weighted by Gasteiger charge is 2.40. The van der Waals surface area contributed by atoms with Crippen LogP contribution >= 0.6 is 0 Å². The lowest BCUT2D eigenvalue weighted by Gasteiger charge is -2.14. The standard InChI is InChI=1S/C27H21F4NO5/c1-2-5-16-8-10-17(11-9-16)36-25-24(34)19-13-12-18(14-22(19)37-26(25)27(29,30)31)35-15-23(33)32-21-7-4-3-6-20(21)28/h3-4,6-14H,2,5,15H2,1H3,(H,32,33). The summed E-state index contributed by atoms with van der Waals surface area (Å²) in [5.74, 6) is -3.90. The number of amides is 1. The van der Waals surface area contributed by atoms with E-state index in [1.54, 1.807) is 12.1 Å². The number of hydrogen-bond donors (Lipinski definition) is 1. The molecule has 3 aromatic carbocycles. The van der Waals surface area contributed by atoms with Gasteiger partial charge in [0.1, 0.15) is 22.9 Å². The second-order valence-electron chi connectivity index (χ2n) is 8.06. The summed E-state index contributed by atoms with van der Waals surface area (Å²) in [5.41, 5.74) is -0.500. The van der Waals surface area contributed by atoms with E-state index in [0.29, 0.717) is 0 Å². The first-order chi connectivity index (χ1) is 17.7. The monoisotopic (exact) mass is 515 g/mol. The van der Waals surface area contributed by atoms with Gasteiger partial charge in [0.15, 0.2) is 6.61 Å². The smallest absolute Gasteiger partial charge is 0.453 e. The Morgan fingerprint density at radius 3 is 2.38 bits per heavy atom. The summed E-state index contributed by atoms with van der Waals surface area (Å²) in [4.78, 5) is 25.0. The summed E-state index contributed by atoms with van der Waals surface area (Å²) in [6.45, 7) is 1.43. The molecule has 0 aliphatic rings. The fourth-order valence-electron chi connectivity index (χ4n) is 3.55. The van der Waals surface area contributed by atoms with Crippen LogP contribution in [0, 0.1) is 5.82 Å². The van der Waals surface area contributed by atoms with Crippen molar-refractivity contribution in [3.05, 3.63) is 94.1 Å². The summed E-state index contributed by atoms with van der Waals surface area (Å²) < 4.78 is 70.7. The van der Waals surface area contributed by atoms with Gasteiger partial charge in [-0.05, 0) is 48.4 Å². The third-order valence-corrected chi connectivity index (χ3v) is 5.28. The highest BCUT2D eigenvalue weighted by Crippen LogP contribution is 2.38. The predicted octanol–water partition coefficient (Wildman–Crippen LogP) is 6.71. The van der Waals surface area contributed by atoms with E-state index < -0.39 is 47.0 Å². The summed E-state index contributed by atoms with van der Waals surface area (Å²) in [6, 6.07) is 15.5. The van der Waals surface area contributed by atoms with Gasteiger partial charge in [-0.1, -0.05) is 37.6 Å². The maximum absolute atomic E-state index is 13.8. The van der Waals surface area contributed by atoms with Gasteiger partial charge in [-0.15, -0.1) is 0 Å². The maximum atomic E-state index is 13.8. The molecule has 4 aromatic rings. The number of halogens is 4. The average molecular weight is 515 g/mol. The molecule has 0 unspecified atom stereocenters. The molecule has 0 radical (unpaired) electrons. The van der Waals surface area contributed by atoms with Gasteiger partial charge in [-0.3, -0.25) is 9.59 Å². The fourth-order valence-corrected chi connectivity index (χ4v) is 3.55. The second-order valence-corrected chi connectivity index (χ2v) is 8.06. The first kappa shape index (κ1) is 25.7. The molecule has 0 bridgehead atoms. The molecule has 1 aromatic heterocycles. The van der Waals surface area contributed by atoms with Crippen molar-refractivity contribution in [2.45, 2.75) is 25.9 Å². The zero-order valence-electron chi connectivity index (χ0n) is 19.5. The molecule has 1 amide bonds. The lowest BCUT2D eigenvalue weighted by molar-refractivity contribution is -0.154. The molecule has 1 heterocycles. The maximum Gasteiger partial charge on any atom is 0.453 e. The number of rotatable bonds is 8. The number of para-hydroxylation sites is 1. The van der Waals surface area contributed by atoms with Crippen LogP contribution in [0.1, 0.15) is 24.7 Å². The number of benzene rings is 3. The number of fused-ring (bicyclic) bond motifs is 1. The molecule has 0 saturated carbocycles. The van der Waals surface area contributed by atoms with Gasteiger partial charge in [0.05, 0.1) is 11.1 Å². The van der Waals surface area contributed by atoms with Crippen molar-refractivity contribution in [3.63, 3.8) is 0 Å². The largest absolute Gasteiger partial charge is 0.484 e. The number of alkyl halides is 3. The molecule has 0 fully saturated rings. The van der Waals surface area contributed by atoms with Crippen LogP contribution in [-0.4, -0.2) is 12.5 Å². The minimum absolute atomic E-state index is 0.0346. The third kappa shape index (κ3) is 6.08. The number of hydrogen-bond acceptors (Lipinski definition) is 5. The van der Waals surface area contributed by atoms with Crippen molar-refractivity contribution in [2.75, 3.05) is 11.9 Å². The van der Waals surface area contributed by atoms with Gasteiger partial charge in [0.2, 0.25) is 11.2 Å². The van der Waals surface area contributed by atoms with E-state index in [-0.39, 0.29) is 22.6 Å². The Hall–Kier alpha value is -4.34. The summed E-state index contributed by atoms with van der Waals surface area (Å²) in [5, 5.41) is 2.15. The molecule has 10 heteroatoms. The molecule has 37 heavy (non-hydrogen) atoms. The first-order valence-electron chi connectivity index (χ1n) is 11.3. The van der Waals surface area contributed by atoms with Gasteiger partial charge in [-0.25, -0.2) is 4.39 Å². The Labute approximate surface area is 208 Å². The topological polar surface area (TPSA) is 77.8 Å². The van der Waals surface area contributed by atoms with E-state index in [4.69, 9.17) is 13.9 Å².